The average molecular weight is 1700 g/mol. The zero-order chi connectivity index (χ0) is 87.9. The van der Waals surface area contributed by atoms with Crippen molar-refractivity contribution in [3.05, 3.63) is 240 Å². The largest absolute Gasteiger partial charge is 0.365 e. The Balaban J connectivity index is 0.000000175. The Kier molecular flexibility index (Phi) is 32.5. The van der Waals surface area contributed by atoms with E-state index >= 15 is 0 Å². The quantitative estimate of drug-likeness (QED) is 0.00644. The number of piperazine rings is 2. The number of nitro groups is 2. The van der Waals surface area contributed by atoms with E-state index in [1.165, 1.54) is 51.9 Å². The molecular formula is C85H104N19O19+3. The smallest absolute Gasteiger partial charge is 0.293 e. The second-order valence-electron chi connectivity index (χ2n) is 29.3. The Bertz CT molecular complexity index is 5180. The van der Waals surface area contributed by atoms with Crippen LogP contribution in [0.5, 0.6) is 0 Å². The second-order valence-corrected chi connectivity index (χ2v) is 29.3. The first-order valence-electron chi connectivity index (χ1n) is 39.2. The molecule has 0 saturated carbocycles. The molecule has 1 spiro atoms. The van der Waals surface area contributed by atoms with Gasteiger partial charge in [-0.2, -0.15) is 0 Å². The normalized spacial score (nSPS) is 14.9. The van der Waals surface area contributed by atoms with Crippen molar-refractivity contribution in [1.29, 1.82) is 0 Å². The van der Waals surface area contributed by atoms with Crippen LogP contribution in [0.15, 0.2) is 170 Å². The minimum absolute atomic E-state index is 0. The number of fused-ring (bicyclic) bond motifs is 2. The lowest BCUT2D eigenvalue weighted by Crippen LogP contribution is -2.56. The topological polar surface area (TPSA) is 475 Å². The summed E-state index contributed by atoms with van der Waals surface area (Å²) in [6, 6.07) is 48.9. The van der Waals surface area contributed by atoms with Crippen molar-refractivity contribution in [2.75, 3.05) is 122 Å². The first kappa shape index (κ1) is 92.7. The number of para-hydroxylation sites is 4. The van der Waals surface area contributed by atoms with Crippen LogP contribution in [0, 0.1) is 20.2 Å². The fourth-order valence-electron chi connectivity index (χ4n) is 15.7. The number of hydroxylamine groups is 5. The molecule has 0 aromatic heterocycles. The molecule has 650 valence electrons. The number of rotatable bonds is 20. The van der Waals surface area contributed by atoms with Gasteiger partial charge in [0.05, 0.1) is 33.2 Å². The molecule has 0 aliphatic carbocycles. The number of piperidine rings is 1. The van der Waals surface area contributed by atoms with Gasteiger partial charge in [-0.1, -0.05) is 112 Å². The minimum atomic E-state index is -0.804. The van der Waals surface area contributed by atoms with Gasteiger partial charge >= 0.3 is 0 Å². The van der Waals surface area contributed by atoms with E-state index in [2.05, 4.69) is 60.4 Å². The number of nitro benzene ring substituents is 2. The maximum Gasteiger partial charge on any atom is 0.293 e. The lowest BCUT2D eigenvalue weighted by atomic mass is 9.85. The van der Waals surface area contributed by atoms with E-state index in [4.69, 9.17) is 26.0 Å². The van der Waals surface area contributed by atoms with E-state index in [1.807, 2.05) is 92.2 Å². The molecule has 0 bridgehead atoms. The summed E-state index contributed by atoms with van der Waals surface area (Å²) in [5.41, 5.74) is 17.2. The van der Waals surface area contributed by atoms with Gasteiger partial charge in [-0.25, -0.2) is 27.4 Å². The number of benzene rings is 8. The van der Waals surface area contributed by atoms with Gasteiger partial charge in [-0.15, -0.1) is 0 Å². The van der Waals surface area contributed by atoms with Crippen LogP contribution in [0.3, 0.4) is 0 Å². The summed E-state index contributed by atoms with van der Waals surface area (Å²) in [5.74, 6) is -3.37. The molecule has 4 saturated heterocycles. The summed E-state index contributed by atoms with van der Waals surface area (Å²) in [6.45, 7) is 21.7. The van der Waals surface area contributed by atoms with Gasteiger partial charge in [0.25, 0.3) is 58.0 Å². The molecular weight excluding hydrogens is 1590 g/mol. The zero-order valence-electron chi connectivity index (χ0n) is 67.4. The van der Waals surface area contributed by atoms with E-state index in [1.54, 1.807) is 82.0 Å². The Labute approximate surface area is 708 Å². The van der Waals surface area contributed by atoms with Crippen LogP contribution in [0.4, 0.5) is 62.6 Å². The maximum atomic E-state index is 12.8. The summed E-state index contributed by atoms with van der Waals surface area (Å²) >= 11 is 0. The van der Waals surface area contributed by atoms with Crippen LogP contribution >= 0.6 is 0 Å². The second kappa shape index (κ2) is 43.2. The standard InChI is InChI=1S/C21H23N5O4.C17H24N4O5.C17H17N3O3.C16H15N3O4.C13H18N4O3.CH4/c1-24(30)17-9-5-8-16(19(27)23-29)18(17)25-12-10-21(11-13-25)20(28)22-14-26(21)15-6-3-2-4-7-15;1-2-3-4-5-16(22)20-10-8-19(9-11-20)14-7-6-13(17(23)18-24)12-15(14)21(25)26;1-19(23)15-8-4-7-14(17(21)18-22)16(15)20-10-9-12-5-2-3-6-13(12)11-20;20-16(17-21)12-5-6-14(15(9-12)19(22)23)18-8-7-11-3-1-2-4-13(11)10-18;1-15-6-8-17(9-7-15)12-10(13(18)14-19)4-3-5-11(12)16(2)20;/h2-9H,1,10-14H2,(H3-,22,23,27,28,29,30);6-7,12,24H,2-5,8-11H2,1H3,(H,18,23);2-8H,1,9-11H2,(H2-,18,21,22,23);1-6,9,21H,7-8,10H2,(H,17,20);3-5H,2,6-9H2,1H3,(H2-,14,18,19,20);1H4/p+3. The number of unbranched alkanes of at least 4 members (excludes halogenated alkanes) is 2. The van der Waals surface area contributed by atoms with Gasteiger partial charge in [0.2, 0.25) is 11.8 Å². The van der Waals surface area contributed by atoms with E-state index in [9.17, 15) is 69.4 Å². The Hall–Kier alpha value is -14.2. The highest BCUT2D eigenvalue weighted by atomic mass is 16.6. The average Bonchev–Trinajstić information content (AvgIpc) is 1.63. The van der Waals surface area contributed by atoms with Gasteiger partial charge < -0.3 is 44.5 Å². The number of hydrogen-bond acceptors (Lipinski definition) is 26. The molecule has 6 aliphatic rings. The Morgan fingerprint density at radius 1 is 0.447 bits per heavy atom. The number of nitrogens with zero attached hydrogens (tertiary/aromatic N) is 13. The summed E-state index contributed by atoms with van der Waals surface area (Å²) in [6.07, 6.45) is 6.24. The molecule has 123 heavy (non-hydrogen) atoms. The first-order chi connectivity index (χ1) is 58.7. The SMILES string of the molecule is C.C=[N+](O)c1cccc(C(=O)NO)c1N1CCC2(CC1)C(=O)NCN2c1ccccc1.C=[N+](O)c1cccc(C(=O)NO)c1N1CCN(C)CC1.C=[N+](O)c1cccc(C(=O)NO)c1N1CCc2ccccc2C1.CCCCCC(=O)N1CCN(c2ccc(C(=O)NO)cc2[N+](=O)[O-])CC1.O=C(NO)c1ccc(N2CCc3ccccc3C2)c([N+](=O)[O-])c1. The monoisotopic (exact) mass is 1690 g/mol. The first-order valence-corrected chi connectivity index (χ1v) is 39.2. The number of amides is 7. The van der Waals surface area contributed by atoms with E-state index in [0.717, 1.165) is 85.1 Å². The molecule has 0 radical (unpaired) electrons. The highest BCUT2D eigenvalue weighted by Crippen LogP contribution is 2.42. The highest BCUT2D eigenvalue weighted by molar-refractivity contribution is 6.04. The maximum absolute atomic E-state index is 12.8. The predicted octanol–water partition coefficient (Wildman–Crippen LogP) is 8.72. The van der Waals surface area contributed by atoms with Crippen LogP contribution < -0.4 is 62.1 Å². The van der Waals surface area contributed by atoms with Crippen molar-refractivity contribution in [2.45, 2.75) is 84.3 Å². The van der Waals surface area contributed by atoms with Gasteiger partial charge in [0.1, 0.15) is 34.0 Å². The fraction of sp³-hybridized carbons (Fsp3) is 0.318. The molecule has 0 unspecified atom stereocenters. The van der Waals surface area contributed by atoms with Gasteiger partial charge in [-0.05, 0) is 116 Å². The molecule has 7 amide bonds. The number of hydrogen-bond donors (Lipinski definition) is 14. The van der Waals surface area contributed by atoms with Crippen molar-refractivity contribution in [3.63, 3.8) is 0 Å². The summed E-state index contributed by atoms with van der Waals surface area (Å²) in [4.78, 5) is 121. The molecule has 8 aromatic rings. The van der Waals surface area contributed by atoms with Crippen molar-refractivity contribution in [3.8, 4) is 0 Å². The molecule has 38 heteroatoms. The van der Waals surface area contributed by atoms with E-state index < -0.39 is 44.9 Å². The molecule has 8 aromatic carbocycles. The lowest BCUT2D eigenvalue weighted by Gasteiger charge is -2.44. The third-order valence-corrected chi connectivity index (χ3v) is 22.0. The summed E-state index contributed by atoms with van der Waals surface area (Å²) in [5, 5.41) is 99.5. The van der Waals surface area contributed by atoms with Crippen molar-refractivity contribution >= 4 is 124 Å². The van der Waals surface area contributed by atoms with Crippen LogP contribution in [0.1, 0.15) is 127 Å². The fourth-order valence-corrected chi connectivity index (χ4v) is 15.7. The lowest BCUT2D eigenvalue weighted by molar-refractivity contribution is -0.706. The number of nitrogens with one attached hydrogen (secondary N) is 6. The van der Waals surface area contributed by atoms with E-state index in [-0.39, 0.29) is 52.9 Å². The van der Waals surface area contributed by atoms with Crippen molar-refractivity contribution < 1.29 is 99.3 Å². The third-order valence-electron chi connectivity index (χ3n) is 22.0. The number of carbonyl (C=O) groups excluding carboxylic acids is 7. The zero-order valence-corrected chi connectivity index (χ0v) is 67.4. The van der Waals surface area contributed by atoms with Gasteiger partial charge in [-0.3, -0.25) is 95.4 Å². The van der Waals surface area contributed by atoms with Crippen LogP contribution in [0.25, 0.3) is 0 Å². The highest BCUT2D eigenvalue weighted by Gasteiger charge is 2.51. The van der Waals surface area contributed by atoms with Crippen LogP contribution in [-0.2, 0) is 35.5 Å². The Morgan fingerprint density at radius 3 is 1.26 bits per heavy atom. The molecule has 14 rings (SSSR count). The van der Waals surface area contributed by atoms with Crippen molar-refractivity contribution in [1.82, 2.24) is 42.5 Å². The molecule has 4 fully saturated rings. The van der Waals surface area contributed by atoms with Crippen LogP contribution in [-0.4, -0.2) is 235 Å². The minimum Gasteiger partial charge on any atom is -0.365 e. The predicted molar refractivity (Wildman–Crippen MR) is 456 cm³/mol. The van der Waals surface area contributed by atoms with E-state index in [0.29, 0.717) is 147 Å². The third kappa shape index (κ3) is 22.1. The number of likely N-dealkylation sites (N-methyl/N-ethyl adjacent to an activating group) is 1. The molecule has 0 atom stereocenters. The summed E-state index contributed by atoms with van der Waals surface area (Å²) in [7, 11) is 2.03. The molecule has 14 N–H and O–H groups in total. The Morgan fingerprint density at radius 2 is 0.837 bits per heavy atom. The molecule has 6 heterocycles. The molecule has 6 aliphatic heterocycles. The van der Waals surface area contributed by atoms with Crippen LogP contribution in [0.2, 0.25) is 0 Å². The molecule has 38 nitrogen and oxygen atoms in total. The van der Waals surface area contributed by atoms with Gasteiger partial charge in [0.15, 0.2) is 20.2 Å². The number of carbonyl (C=O) groups is 7. The number of anilines is 6. The van der Waals surface area contributed by atoms with Gasteiger partial charge in [0, 0.05) is 159 Å². The summed E-state index contributed by atoms with van der Waals surface area (Å²) < 4.78 is 2.18. The van der Waals surface area contributed by atoms with Crippen molar-refractivity contribution in [2.24, 2.45) is 0 Å².